The Morgan fingerprint density at radius 1 is 1.16 bits per heavy atom. The van der Waals surface area contributed by atoms with E-state index < -0.39 is 0 Å². The Bertz CT molecular complexity index is 852. The third-order valence-electron chi connectivity index (χ3n) is 5.40. The number of fused-ring (bicyclic) bond motifs is 5. The van der Waals surface area contributed by atoms with Gasteiger partial charge in [-0.2, -0.15) is 5.10 Å². The predicted molar refractivity (Wildman–Crippen MR) is 92.8 cm³/mol. The standard InChI is InChI=1S/C18H16BrN3O3/c19-11-7-20-21(9-11)8-10-2-1-3-12(6-10)22-17(23)15-13-4-5-14(25-13)16(15)18(22)24/h1-3,6-7,9,13-16H,4-5,8H2/t13-,14+,15-,16-/m0/s1. The van der Waals surface area contributed by atoms with Crippen LogP contribution in [0, 0.1) is 11.8 Å². The normalized spacial score (nSPS) is 30.4. The van der Waals surface area contributed by atoms with Crippen molar-refractivity contribution in [1.82, 2.24) is 9.78 Å². The number of anilines is 1. The summed E-state index contributed by atoms with van der Waals surface area (Å²) in [5.74, 6) is -0.809. The quantitative estimate of drug-likeness (QED) is 0.740. The highest BCUT2D eigenvalue weighted by atomic mass is 79.9. The summed E-state index contributed by atoms with van der Waals surface area (Å²) in [4.78, 5) is 27.1. The number of hydrogen-bond donors (Lipinski definition) is 0. The minimum atomic E-state index is -0.294. The number of imide groups is 1. The molecule has 0 N–H and O–H groups in total. The van der Waals surface area contributed by atoms with Crippen LogP contribution in [0.25, 0.3) is 0 Å². The molecule has 4 atom stereocenters. The summed E-state index contributed by atoms with van der Waals surface area (Å²) in [7, 11) is 0. The summed E-state index contributed by atoms with van der Waals surface area (Å²) in [5, 5.41) is 4.25. The fraction of sp³-hybridized carbons (Fsp3) is 0.389. The summed E-state index contributed by atoms with van der Waals surface area (Å²) in [6.45, 7) is 0.580. The van der Waals surface area contributed by atoms with Crippen molar-refractivity contribution in [2.75, 3.05) is 4.90 Å². The van der Waals surface area contributed by atoms with Crippen molar-refractivity contribution in [2.45, 2.75) is 31.6 Å². The van der Waals surface area contributed by atoms with Gasteiger partial charge in [-0.25, -0.2) is 4.90 Å². The molecule has 3 saturated heterocycles. The fourth-order valence-corrected chi connectivity index (χ4v) is 4.70. The maximum Gasteiger partial charge on any atom is 0.240 e. The highest BCUT2D eigenvalue weighted by Crippen LogP contribution is 2.49. The van der Waals surface area contributed by atoms with E-state index in [1.807, 2.05) is 30.5 Å². The molecule has 3 fully saturated rings. The molecule has 0 unspecified atom stereocenters. The Morgan fingerprint density at radius 3 is 2.52 bits per heavy atom. The molecule has 0 saturated carbocycles. The first kappa shape index (κ1) is 15.3. The van der Waals surface area contributed by atoms with Crippen molar-refractivity contribution in [2.24, 2.45) is 11.8 Å². The minimum absolute atomic E-state index is 0.0824. The highest BCUT2D eigenvalue weighted by Gasteiger charge is 2.62. The molecule has 2 amide bonds. The van der Waals surface area contributed by atoms with E-state index in [2.05, 4.69) is 21.0 Å². The van der Waals surface area contributed by atoms with E-state index in [1.165, 1.54) is 4.90 Å². The van der Waals surface area contributed by atoms with Gasteiger partial charge in [0, 0.05) is 6.20 Å². The molecule has 3 aliphatic rings. The van der Waals surface area contributed by atoms with Gasteiger partial charge in [-0.15, -0.1) is 0 Å². The largest absolute Gasteiger partial charge is 0.373 e. The maximum atomic E-state index is 12.9. The summed E-state index contributed by atoms with van der Waals surface area (Å²) >= 11 is 3.38. The van der Waals surface area contributed by atoms with Gasteiger partial charge in [0.05, 0.1) is 46.9 Å². The molecule has 3 aliphatic heterocycles. The van der Waals surface area contributed by atoms with Crippen molar-refractivity contribution in [1.29, 1.82) is 0 Å². The third kappa shape index (κ3) is 2.29. The molecular formula is C18H16BrN3O3. The van der Waals surface area contributed by atoms with Crippen LogP contribution in [0.1, 0.15) is 18.4 Å². The molecule has 25 heavy (non-hydrogen) atoms. The predicted octanol–water partition coefficient (Wildman–Crippen LogP) is 2.36. The van der Waals surface area contributed by atoms with E-state index in [0.717, 1.165) is 22.9 Å². The molecule has 5 rings (SSSR count). The van der Waals surface area contributed by atoms with Crippen LogP contribution in [0.15, 0.2) is 41.1 Å². The van der Waals surface area contributed by atoms with Gasteiger partial charge in [0.15, 0.2) is 0 Å². The van der Waals surface area contributed by atoms with Crippen LogP contribution in [0.5, 0.6) is 0 Å². The topological polar surface area (TPSA) is 64.4 Å². The van der Waals surface area contributed by atoms with Crippen LogP contribution in [0.3, 0.4) is 0 Å². The molecule has 6 nitrogen and oxygen atoms in total. The van der Waals surface area contributed by atoms with Crippen molar-refractivity contribution < 1.29 is 14.3 Å². The van der Waals surface area contributed by atoms with Crippen LogP contribution in [0.2, 0.25) is 0 Å². The van der Waals surface area contributed by atoms with Gasteiger partial charge in [0.2, 0.25) is 11.8 Å². The third-order valence-corrected chi connectivity index (χ3v) is 5.81. The number of ether oxygens (including phenoxy) is 1. The van der Waals surface area contributed by atoms with E-state index in [4.69, 9.17) is 4.74 Å². The second-order valence-corrected chi connectivity index (χ2v) is 7.80. The summed E-state index contributed by atoms with van der Waals surface area (Å²) < 4.78 is 8.50. The molecule has 1 aromatic heterocycles. The van der Waals surface area contributed by atoms with Crippen molar-refractivity contribution in [3.05, 3.63) is 46.7 Å². The number of benzene rings is 1. The van der Waals surface area contributed by atoms with Crippen LogP contribution in [0.4, 0.5) is 5.69 Å². The Hall–Kier alpha value is -1.99. The zero-order chi connectivity index (χ0) is 17.1. The molecule has 7 heteroatoms. The average molecular weight is 402 g/mol. The lowest BCUT2D eigenvalue weighted by Gasteiger charge is -2.18. The SMILES string of the molecule is O=C1[C@@H]2[C@@H](C(=O)N1c1cccc(Cn3cc(Br)cn3)c1)[C@H]1CC[C@@H]2O1. The van der Waals surface area contributed by atoms with Gasteiger partial charge in [0.25, 0.3) is 0 Å². The number of hydrogen-bond acceptors (Lipinski definition) is 4. The van der Waals surface area contributed by atoms with Gasteiger partial charge < -0.3 is 4.74 Å². The smallest absolute Gasteiger partial charge is 0.240 e. The molecule has 128 valence electrons. The zero-order valence-electron chi connectivity index (χ0n) is 13.3. The summed E-state index contributed by atoms with van der Waals surface area (Å²) in [5.41, 5.74) is 1.64. The lowest BCUT2D eigenvalue weighted by Crippen LogP contribution is -2.34. The number of carbonyl (C=O) groups excluding carboxylic acids is 2. The first-order valence-electron chi connectivity index (χ1n) is 8.42. The second kappa shape index (κ2) is 5.51. The maximum absolute atomic E-state index is 12.9. The number of nitrogens with zero attached hydrogens (tertiary/aromatic N) is 3. The Kier molecular flexibility index (Phi) is 3.36. The van der Waals surface area contributed by atoms with Gasteiger partial charge in [-0.05, 0) is 46.5 Å². The number of halogens is 1. The van der Waals surface area contributed by atoms with Crippen molar-refractivity contribution in [3.63, 3.8) is 0 Å². The molecule has 0 aliphatic carbocycles. The van der Waals surface area contributed by atoms with Crippen LogP contribution < -0.4 is 4.90 Å². The molecule has 0 radical (unpaired) electrons. The second-order valence-electron chi connectivity index (χ2n) is 6.88. The number of aromatic nitrogens is 2. The molecule has 4 heterocycles. The monoisotopic (exact) mass is 401 g/mol. The first-order chi connectivity index (χ1) is 12.1. The number of amides is 2. The summed E-state index contributed by atoms with van der Waals surface area (Å²) in [6.07, 6.45) is 5.22. The van der Waals surface area contributed by atoms with E-state index in [1.54, 1.807) is 10.9 Å². The van der Waals surface area contributed by atoms with Gasteiger partial charge in [-0.3, -0.25) is 14.3 Å². The summed E-state index contributed by atoms with van der Waals surface area (Å²) in [6, 6.07) is 7.57. The highest BCUT2D eigenvalue weighted by molar-refractivity contribution is 9.10. The molecule has 2 aromatic rings. The van der Waals surface area contributed by atoms with Gasteiger partial charge in [-0.1, -0.05) is 12.1 Å². The van der Waals surface area contributed by atoms with E-state index >= 15 is 0 Å². The Labute approximate surface area is 152 Å². The average Bonchev–Trinajstić information content (AvgIpc) is 3.34. The van der Waals surface area contributed by atoms with Gasteiger partial charge in [0.1, 0.15) is 0 Å². The fourth-order valence-electron chi connectivity index (χ4n) is 4.37. The molecular weight excluding hydrogens is 386 g/mol. The van der Waals surface area contributed by atoms with Crippen LogP contribution in [-0.4, -0.2) is 33.8 Å². The Morgan fingerprint density at radius 2 is 1.88 bits per heavy atom. The van der Waals surface area contributed by atoms with Crippen molar-refractivity contribution >= 4 is 33.4 Å². The minimum Gasteiger partial charge on any atom is -0.373 e. The van der Waals surface area contributed by atoms with E-state index in [-0.39, 0.29) is 35.9 Å². The first-order valence-corrected chi connectivity index (χ1v) is 9.21. The Balaban J connectivity index is 1.44. The van der Waals surface area contributed by atoms with Gasteiger partial charge >= 0.3 is 0 Å². The molecule has 2 bridgehead atoms. The van der Waals surface area contributed by atoms with E-state index in [9.17, 15) is 9.59 Å². The zero-order valence-corrected chi connectivity index (χ0v) is 14.9. The molecule has 0 spiro atoms. The number of rotatable bonds is 3. The van der Waals surface area contributed by atoms with Crippen LogP contribution >= 0.6 is 15.9 Å². The number of carbonyl (C=O) groups is 2. The van der Waals surface area contributed by atoms with Crippen LogP contribution in [-0.2, 0) is 20.9 Å². The van der Waals surface area contributed by atoms with Crippen molar-refractivity contribution in [3.8, 4) is 0 Å². The lowest BCUT2D eigenvalue weighted by atomic mass is 9.81. The van der Waals surface area contributed by atoms with E-state index in [0.29, 0.717) is 12.2 Å². The lowest BCUT2D eigenvalue weighted by molar-refractivity contribution is -0.124. The molecule has 1 aromatic carbocycles.